The predicted molar refractivity (Wildman–Crippen MR) is 66.9 cm³/mol. The molecule has 1 heterocycles. The van der Waals surface area contributed by atoms with Crippen LogP contribution in [0.5, 0.6) is 0 Å². The van der Waals surface area contributed by atoms with Crippen molar-refractivity contribution in [3.8, 4) is 0 Å². The van der Waals surface area contributed by atoms with E-state index in [1.54, 1.807) is 0 Å². The summed E-state index contributed by atoms with van der Waals surface area (Å²) in [5.41, 5.74) is 5.07. The smallest absolute Gasteiger partial charge is 0.0759 e. The van der Waals surface area contributed by atoms with Crippen LogP contribution in [0.2, 0.25) is 0 Å². The lowest BCUT2D eigenvalue weighted by atomic mass is 9.96. The second-order valence-electron chi connectivity index (χ2n) is 5.08. The lowest BCUT2D eigenvalue weighted by Crippen LogP contribution is -2.40. The topological polar surface area (TPSA) is 49.5 Å². The SMILES string of the molecule is CC(C)(O)CCN1CCC(C(N)=S)CC1. The van der Waals surface area contributed by atoms with Crippen molar-refractivity contribution in [3.05, 3.63) is 0 Å². The summed E-state index contributed by atoms with van der Waals surface area (Å²) in [6, 6.07) is 0. The number of piperidine rings is 1. The normalized spacial score (nSPS) is 20.5. The van der Waals surface area contributed by atoms with Gasteiger partial charge in [0.25, 0.3) is 0 Å². The Kier molecular flexibility index (Phi) is 4.49. The Morgan fingerprint density at radius 3 is 2.40 bits per heavy atom. The van der Waals surface area contributed by atoms with E-state index in [0.717, 1.165) is 38.9 Å². The maximum atomic E-state index is 9.62. The van der Waals surface area contributed by atoms with Crippen molar-refractivity contribution < 1.29 is 5.11 Å². The fourth-order valence-electron chi connectivity index (χ4n) is 1.87. The van der Waals surface area contributed by atoms with Crippen LogP contribution in [-0.4, -0.2) is 40.2 Å². The van der Waals surface area contributed by atoms with E-state index in [9.17, 15) is 5.11 Å². The first-order valence-corrected chi connectivity index (χ1v) is 6.03. The summed E-state index contributed by atoms with van der Waals surface area (Å²) in [7, 11) is 0. The fourth-order valence-corrected chi connectivity index (χ4v) is 2.11. The zero-order valence-electron chi connectivity index (χ0n) is 9.70. The third-order valence-corrected chi connectivity index (χ3v) is 3.36. The molecule has 0 aromatic rings. The number of aliphatic hydroxyl groups is 1. The molecule has 0 aromatic carbocycles. The summed E-state index contributed by atoms with van der Waals surface area (Å²) in [5, 5.41) is 9.62. The van der Waals surface area contributed by atoms with E-state index in [1.165, 1.54) is 0 Å². The summed E-state index contributed by atoms with van der Waals surface area (Å²) in [6.07, 6.45) is 2.97. The largest absolute Gasteiger partial charge is 0.393 e. The molecule has 0 unspecified atom stereocenters. The molecule has 3 nitrogen and oxygen atoms in total. The Morgan fingerprint density at radius 2 is 2.00 bits per heavy atom. The van der Waals surface area contributed by atoms with Crippen LogP contribution >= 0.6 is 12.2 Å². The van der Waals surface area contributed by atoms with Gasteiger partial charge in [-0.3, -0.25) is 0 Å². The molecule has 1 aliphatic rings. The molecule has 0 atom stereocenters. The Hall–Kier alpha value is -0.190. The van der Waals surface area contributed by atoms with Gasteiger partial charge in [0.05, 0.1) is 10.6 Å². The average molecular weight is 230 g/mol. The van der Waals surface area contributed by atoms with Crippen molar-refractivity contribution in [1.29, 1.82) is 0 Å². The van der Waals surface area contributed by atoms with Crippen LogP contribution in [0.1, 0.15) is 33.1 Å². The maximum Gasteiger partial charge on any atom is 0.0759 e. The Morgan fingerprint density at radius 1 is 1.47 bits per heavy atom. The Balaban J connectivity index is 2.23. The van der Waals surface area contributed by atoms with E-state index in [1.807, 2.05) is 13.8 Å². The van der Waals surface area contributed by atoms with Crippen LogP contribution in [0.15, 0.2) is 0 Å². The van der Waals surface area contributed by atoms with Gasteiger partial charge in [0, 0.05) is 12.5 Å². The van der Waals surface area contributed by atoms with Crippen molar-refractivity contribution in [2.45, 2.75) is 38.7 Å². The monoisotopic (exact) mass is 230 g/mol. The molecule has 0 aliphatic carbocycles. The molecule has 4 heteroatoms. The first-order valence-electron chi connectivity index (χ1n) is 5.62. The zero-order chi connectivity index (χ0) is 11.5. The minimum atomic E-state index is -0.556. The molecule has 1 rings (SSSR count). The van der Waals surface area contributed by atoms with Gasteiger partial charge in [-0.2, -0.15) is 0 Å². The Bertz CT molecular complexity index is 217. The summed E-state index contributed by atoms with van der Waals surface area (Å²) >= 11 is 5.00. The second-order valence-corrected chi connectivity index (χ2v) is 5.55. The van der Waals surface area contributed by atoms with Gasteiger partial charge in [0.2, 0.25) is 0 Å². The molecule has 0 spiro atoms. The zero-order valence-corrected chi connectivity index (χ0v) is 10.5. The van der Waals surface area contributed by atoms with Crippen molar-refractivity contribution >= 4 is 17.2 Å². The standard InChI is InChI=1S/C11H22N2OS/c1-11(2,14)5-8-13-6-3-9(4-7-13)10(12)15/h9,14H,3-8H2,1-2H3,(H2,12,15). The highest BCUT2D eigenvalue weighted by molar-refractivity contribution is 7.80. The first kappa shape index (κ1) is 12.9. The molecule has 0 aromatic heterocycles. The van der Waals surface area contributed by atoms with Crippen molar-refractivity contribution in [2.24, 2.45) is 11.7 Å². The van der Waals surface area contributed by atoms with E-state index in [-0.39, 0.29) is 0 Å². The Labute approximate surface area is 97.6 Å². The molecular weight excluding hydrogens is 208 g/mol. The van der Waals surface area contributed by atoms with E-state index < -0.39 is 5.60 Å². The van der Waals surface area contributed by atoms with Gasteiger partial charge in [-0.25, -0.2) is 0 Å². The van der Waals surface area contributed by atoms with Crippen molar-refractivity contribution in [1.82, 2.24) is 4.90 Å². The van der Waals surface area contributed by atoms with Crippen LogP contribution < -0.4 is 5.73 Å². The minimum absolute atomic E-state index is 0.429. The quantitative estimate of drug-likeness (QED) is 0.711. The number of rotatable bonds is 4. The number of hydrogen-bond donors (Lipinski definition) is 2. The van der Waals surface area contributed by atoms with Crippen LogP contribution in [0.25, 0.3) is 0 Å². The number of thiocarbonyl (C=S) groups is 1. The minimum Gasteiger partial charge on any atom is -0.393 e. The number of nitrogens with two attached hydrogens (primary N) is 1. The highest BCUT2D eigenvalue weighted by atomic mass is 32.1. The third-order valence-electron chi connectivity index (χ3n) is 3.03. The molecule has 1 saturated heterocycles. The molecule has 1 aliphatic heterocycles. The molecule has 0 saturated carbocycles. The van der Waals surface area contributed by atoms with Crippen molar-refractivity contribution in [3.63, 3.8) is 0 Å². The van der Waals surface area contributed by atoms with Gasteiger partial charge in [0.1, 0.15) is 0 Å². The summed E-state index contributed by atoms with van der Waals surface area (Å²) in [6.45, 7) is 6.78. The third kappa shape index (κ3) is 4.91. The number of hydrogen-bond acceptors (Lipinski definition) is 3. The summed E-state index contributed by atoms with van der Waals surface area (Å²) in [4.78, 5) is 3.05. The van der Waals surface area contributed by atoms with E-state index >= 15 is 0 Å². The van der Waals surface area contributed by atoms with Gasteiger partial charge < -0.3 is 15.7 Å². The highest BCUT2D eigenvalue weighted by Gasteiger charge is 2.22. The van der Waals surface area contributed by atoms with Gasteiger partial charge in [-0.15, -0.1) is 0 Å². The van der Waals surface area contributed by atoms with Gasteiger partial charge >= 0.3 is 0 Å². The molecule has 0 amide bonds. The van der Waals surface area contributed by atoms with Crippen LogP contribution in [0.3, 0.4) is 0 Å². The first-order chi connectivity index (χ1) is 6.88. The molecule has 3 N–H and O–H groups in total. The molecule has 0 bridgehead atoms. The van der Waals surface area contributed by atoms with Crippen LogP contribution in [-0.2, 0) is 0 Å². The van der Waals surface area contributed by atoms with E-state index in [0.29, 0.717) is 10.9 Å². The lowest BCUT2D eigenvalue weighted by molar-refractivity contribution is 0.0538. The average Bonchev–Trinajstić information content (AvgIpc) is 2.14. The van der Waals surface area contributed by atoms with Gasteiger partial charge in [-0.05, 0) is 46.2 Å². The predicted octanol–water partition coefficient (Wildman–Crippen LogP) is 1.15. The summed E-state index contributed by atoms with van der Waals surface area (Å²) < 4.78 is 0. The maximum absolute atomic E-state index is 9.62. The van der Waals surface area contributed by atoms with E-state index in [2.05, 4.69) is 4.90 Å². The number of likely N-dealkylation sites (tertiary alicyclic amines) is 1. The van der Waals surface area contributed by atoms with E-state index in [4.69, 9.17) is 18.0 Å². The summed E-state index contributed by atoms with van der Waals surface area (Å²) in [5.74, 6) is 0.429. The molecular formula is C11H22N2OS. The van der Waals surface area contributed by atoms with Crippen LogP contribution in [0, 0.1) is 5.92 Å². The lowest BCUT2D eigenvalue weighted by Gasteiger charge is -2.32. The molecule has 0 radical (unpaired) electrons. The van der Waals surface area contributed by atoms with Gasteiger partial charge in [-0.1, -0.05) is 12.2 Å². The van der Waals surface area contributed by atoms with Gasteiger partial charge in [0.15, 0.2) is 0 Å². The highest BCUT2D eigenvalue weighted by Crippen LogP contribution is 2.18. The molecule has 1 fully saturated rings. The van der Waals surface area contributed by atoms with Crippen molar-refractivity contribution in [2.75, 3.05) is 19.6 Å². The number of nitrogens with zero attached hydrogens (tertiary/aromatic N) is 1. The fraction of sp³-hybridized carbons (Fsp3) is 0.909. The second kappa shape index (κ2) is 5.23. The molecule has 88 valence electrons. The van der Waals surface area contributed by atoms with Crippen LogP contribution in [0.4, 0.5) is 0 Å². The molecule has 15 heavy (non-hydrogen) atoms.